The van der Waals surface area contributed by atoms with Gasteiger partial charge in [-0.25, -0.2) is 18.6 Å². The van der Waals surface area contributed by atoms with Gasteiger partial charge in [0, 0.05) is 23.3 Å². The summed E-state index contributed by atoms with van der Waals surface area (Å²) in [5.74, 6) is -4.56. The molecular formula is C31H40ClF2N3O5. The maximum absolute atomic E-state index is 15.9. The van der Waals surface area contributed by atoms with Gasteiger partial charge in [0.25, 0.3) is 5.92 Å². The van der Waals surface area contributed by atoms with Gasteiger partial charge in [-0.05, 0) is 49.2 Å². The highest BCUT2D eigenvalue weighted by Gasteiger charge is 2.50. The molecule has 0 aromatic rings. The first kappa shape index (κ1) is 30.7. The Kier molecular flexibility index (Phi) is 8.58. The van der Waals surface area contributed by atoms with Crippen LogP contribution in [-0.2, 0) is 19.1 Å². The van der Waals surface area contributed by atoms with E-state index in [9.17, 15) is 14.4 Å². The molecule has 0 aromatic carbocycles. The zero-order chi connectivity index (χ0) is 30.4. The number of carbonyl (C=O) groups is 3. The number of nitrogens with zero attached hydrogens (tertiary/aromatic N) is 2. The van der Waals surface area contributed by atoms with Crippen molar-refractivity contribution in [2.75, 3.05) is 6.54 Å². The second-order valence-electron chi connectivity index (χ2n) is 13.2. The minimum absolute atomic E-state index is 0.0166. The number of alkyl halides is 2. The summed E-state index contributed by atoms with van der Waals surface area (Å²) < 4.78 is 43.6. The van der Waals surface area contributed by atoms with Gasteiger partial charge in [0.05, 0.1) is 24.2 Å². The van der Waals surface area contributed by atoms with Crippen LogP contribution in [-0.4, -0.2) is 71.9 Å². The van der Waals surface area contributed by atoms with Crippen molar-refractivity contribution in [3.8, 4) is 0 Å². The largest absolute Gasteiger partial charge is 0.472 e. The lowest BCUT2D eigenvalue weighted by Crippen LogP contribution is -2.56. The number of carbonyl (C=O) groups excluding carboxylic acids is 3. The Balaban J connectivity index is 1.51. The summed E-state index contributed by atoms with van der Waals surface area (Å²) in [6.07, 6.45) is 7.87. The summed E-state index contributed by atoms with van der Waals surface area (Å²) >= 11 is 6.21. The number of halogens is 3. The zero-order valence-corrected chi connectivity index (χ0v) is 25.3. The van der Waals surface area contributed by atoms with Crippen LogP contribution in [0.3, 0.4) is 0 Å². The zero-order valence-electron chi connectivity index (χ0n) is 24.5. The number of nitrogens with one attached hydrogen (secondary N) is 1. The van der Waals surface area contributed by atoms with Crippen molar-refractivity contribution in [1.82, 2.24) is 10.2 Å². The average Bonchev–Trinajstić information content (AvgIpc) is 3.55. The van der Waals surface area contributed by atoms with Crippen LogP contribution in [0.15, 0.2) is 39.9 Å². The fraction of sp³-hybridized carbons (Fsp3) is 0.677. The Morgan fingerprint density at radius 1 is 1.19 bits per heavy atom. The number of aliphatic imine (C=N–C) groups is 1. The number of aldehydes is 1. The van der Waals surface area contributed by atoms with E-state index in [2.05, 4.69) is 10.3 Å². The van der Waals surface area contributed by atoms with Crippen LogP contribution < -0.4 is 5.32 Å². The summed E-state index contributed by atoms with van der Waals surface area (Å²) in [6, 6.07) is -2.33. The van der Waals surface area contributed by atoms with Crippen molar-refractivity contribution in [1.29, 1.82) is 0 Å². The summed E-state index contributed by atoms with van der Waals surface area (Å²) in [6.45, 7) is 7.31. The number of dihydropyridines is 1. The summed E-state index contributed by atoms with van der Waals surface area (Å²) in [5, 5.41) is 3.22. The van der Waals surface area contributed by atoms with E-state index in [0.29, 0.717) is 37.0 Å². The lowest BCUT2D eigenvalue weighted by atomic mass is 9.85. The van der Waals surface area contributed by atoms with Gasteiger partial charge in [-0.3, -0.25) is 4.79 Å². The minimum atomic E-state index is -3.20. The molecule has 3 heterocycles. The van der Waals surface area contributed by atoms with Crippen LogP contribution in [0.2, 0.25) is 0 Å². The van der Waals surface area contributed by atoms with E-state index in [-0.39, 0.29) is 48.8 Å². The molecule has 11 heteroatoms. The van der Waals surface area contributed by atoms with Gasteiger partial charge in [-0.2, -0.15) is 0 Å². The third kappa shape index (κ3) is 6.29. The average molecular weight is 608 g/mol. The van der Waals surface area contributed by atoms with Crippen molar-refractivity contribution in [3.05, 3.63) is 34.9 Å². The quantitative estimate of drug-likeness (QED) is 0.415. The van der Waals surface area contributed by atoms with Crippen molar-refractivity contribution in [2.45, 2.75) is 102 Å². The first-order valence-corrected chi connectivity index (χ1v) is 15.3. The fourth-order valence-corrected chi connectivity index (χ4v) is 6.71. The van der Waals surface area contributed by atoms with E-state index in [1.807, 2.05) is 27.7 Å². The topological polar surface area (TPSA) is 97.3 Å². The minimum Gasteiger partial charge on any atom is -0.472 e. The highest BCUT2D eigenvalue weighted by molar-refractivity contribution is 6.31. The van der Waals surface area contributed by atoms with E-state index in [1.165, 1.54) is 11.0 Å². The molecule has 2 amide bonds. The fourth-order valence-electron chi connectivity index (χ4n) is 6.51. The Labute approximate surface area is 250 Å². The number of hydrogen-bond donors (Lipinski definition) is 1. The molecule has 2 saturated heterocycles. The Morgan fingerprint density at radius 2 is 1.95 bits per heavy atom. The van der Waals surface area contributed by atoms with Gasteiger partial charge in [-0.1, -0.05) is 57.9 Å². The molecule has 5 aliphatic rings. The van der Waals surface area contributed by atoms with Crippen LogP contribution in [0.1, 0.15) is 66.2 Å². The molecule has 1 saturated carbocycles. The van der Waals surface area contributed by atoms with E-state index < -0.39 is 53.5 Å². The third-order valence-electron chi connectivity index (χ3n) is 9.07. The van der Waals surface area contributed by atoms with Gasteiger partial charge in [0.15, 0.2) is 0 Å². The van der Waals surface area contributed by atoms with Crippen molar-refractivity contribution >= 4 is 35.8 Å². The summed E-state index contributed by atoms with van der Waals surface area (Å²) in [4.78, 5) is 45.2. The van der Waals surface area contributed by atoms with E-state index in [0.717, 1.165) is 0 Å². The molecule has 230 valence electrons. The van der Waals surface area contributed by atoms with Crippen LogP contribution in [0, 0.1) is 23.2 Å². The summed E-state index contributed by atoms with van der Waals surface area (Å²) in [5.41, 5.74) is -0.968. The SMILES string of the molecule is CC[C@@H]1[C@@H]2CN(C(=O)[C@H](C(C)(C)C)NC(=O)O[C@@H]3CC3CCCCC(F)(F)C3=CC4C=CC(Cl)=CC4N=C3O2)[C@@H]1C=O. The number of ether oxygens (including phenoxy) is 2. The number of allylic oxidation sites excluding steroid dienone is 2. The van der Waals surface area contributed by atoms with E-state index in [1.54, 1.807) is 18.2 Å². The molecule has 1 N–H and O–H groups in total. The van der Waals surface area contributed by atoms with E-state index >= 15 is 8.78 Å². The van der Waals surface area contributed by atoms with Gasteiger partial charge in [-0.15, -0.1) is 0 Å². The van der Waals surface area contributed by atoms with Crippen molar-refractivity contribution in [2.24, 2.45) is 28.2 Å². The summed E-state index contributed by atoms with van der Waals surface area (Å²) in [7, 11) is 0. The smallest absolute Gasteiger partial charge is 0.408 e. The van der Waals surface area contributed by atoms with Gasteiger partial charge in [0.1, 0.15) is 24.5 Å². The van der Waals surface area contributed by atoms with E-state index in [4.69, 9.17) is 21.1 Å². The van der Waals surface area contributed by atoms with Crippen LogP contribution in [0.4, 0.5) is 13.6 Å². The first-order chi connectivity index (χ1) is 19.8. The molecule has 0 aromatic heterocycles. The van der Waals surface area contributed by atoms with Gasteiger partial charge in [0.2, 0.25) is 11.8 Å². The number of alkyl carbamates (subject to hydrolysis) is 1. The van der Waals surface area contributed by atoms with Gasteiger partial charge < -0.3 is 24.5 Å². The maximum Gasteiger partial charge on any atom is 0.408 e. The number of rotatable bonds is 2. The predicted octanol–water partition coefficient (Wildman–Crippen LogP) is 5.56. The van der Waals surface area contributed by atoms with Crippen LogP contribution in [0.5, 0.6) is 0 Å². The Hall–Kier alpha value is -2.75. The highest BCUT2D eigenvalue weighted by atomic mass is 35.5. The second kappa shape index (κ2) is 11.7. The van der Waals surface area contributed by atoms with Crippen molar-refractivity contribution in [3.63, 3.8) is 0 Å². The lowest BCUT2D eigenvalue weighted by Gasteiger charge is -2.34. The maximum atomic E-state index is 15.9. The number of hydrogen-bond acceptors (Lipinski definition) is 6. The standard InChI is InChI=1S/C31H40ClF2N3O5/c1-5-20-23(16-38)37-15-25(20)41-27-21(12-17-9-10-19(32)14-22(17)35-27)31(33,34)11-7-6-8-18-13-24(18)42-29(40)36-26(28(37)39)30(2,3)4/h9-10,12,14,16-18,20,22-26H,5-8,11,13,15H2,1-4H3,(H,36,40)/t17?,18?,20-,22?,23+,24+,25-,26+/m0/s1. The molecular weight excluding hydrogens is 568 g/mol. The number of fused-ring (bicyclic) bond motifs is 5. The number of amides is 2. The Bertz CT molecular complexity index is 1230. The molecule has 3 aliphatic heterocycles. The van der Waals surface area contributed by atoms with Gasteiger partial charge >= 0.3 is 6.09 Å². The second-order valence-corrected chi connectivity index (χ2v) is 13.6. The molecule has 0 radical (unpaired) electrons. The lowest BCUT2D eigenvalue weighted by molar-refractivity contribution is -0.139. The molecule has 5 rings (SSSR count). The normalized spacial score (nSPS) is 36.7. The first-order valence-electron chi connectivity index (χ1n) is 15.0. The van der Waals surface area contributed by atoms with Crippen molar-refractivity contribution < 1.29 is 32.6 Å². The third-order valence-corrected chi connectivity index (χ3v) is 9.32. The molecule has 0 spiro atoms. The molecule has 3 fully saturated rings. The Morgan fingerprint density at radius 3 is 2.64 bits per heavy atom. The van der Waals surface area contributed by atoms with Crippen LogP contribution in [0.25, 0.3) is 0 Å². The predicted molar refractivity (Wildman–Crippen MR) is 154 cm³/mol. The molecule has 2 aliphatic carbocycles. The van der Waals surface area contributed by atoms with Crippen LogP contribution >= 0.6 is 11.6 Å². The monoisotopic (exact) mass is 607 g/mol. The molecule has 3 unspecified atom stereocenters. The molecule has 8 atom stereocenters. The molecule has 42 heavy (non-hydrogen) atoms. The molecule has 8 nitrogen and oxygen atoms in total. The molecule has 2 bridgehead atoms. The highest BCUT2D eigenvalue weighted by Crippen LogP contribution is 2.42.